The van der Waals surface area contributed by atoms with E-state index in [-0.39, 0.29) is 11.8 Å². The first-order valence-electron chi connectivity index (χ1n) is 8.51. The van der Waals surface area contributed by atoms with Crippen molar-refractivity contribution in [3.05, 3.63) is 24.3 Å². The molecule has 128 valence electrons. The van der Waals surface area contributed by atoms with Crippen LogP contribution >= 0.6 is 0 Å². The predicted molar refractivity (Wildman–Crippen MR) is 95.6 cm³/mol. The Kier molecular flexibility index (Phi) is 8.98. The van der Waals surface area contributed by atoms with Gasteiger partial charge < -0.3 is 10.6 Å². The van der Waals surface area contributed by atoms with E-state index in [1.807, 2.05) is 19.1 Å². The second kappa shape index (κ2) is 10.8. The van der Waals surface area contributed by atoms with Gasteiger partial charge in [-0.3, -0.25) is 14.5 Å². The van der Waals surface area contributed by atoms with Gasteiger partial charge in [-0.1, -0.05) is 20.8 Å². The maximum absolute atomic E-state index is 12.1. The smallest absolute Gasteiger partial charge is 0.238 e. The van der Waals surface area contributed by atoms with Gasteiger partial charge in [-0.15, -0.1) is 0 Å². The van der Waals surface area contributed by atoms with Crippen LogP contribution in [0.5, 0.6) is 0 Å². The van der Waals surface area contributed by atoms with Gasteiger partial charge in [-0.05, 0) is 56.6 Å². The zero-order chi connectivity index (χ0) is 17.1. The highest BCUT2D eigenvalue weighted by molar-refractivity contribution is 5.93. The number of nitrogens with one attached hydrogen (secondary N) is 2. The van der Waals surface area contributed by atoms with Crippen LogP contribution in [0.3, 0.4) is 0 Å². The Morgan fingerprint density at radius 1 is 0.826 bits per heavy atom. The molecule has 0 heterocycles. The van der Waals surface area contributed by atoms with Gasteiger partial charge >= 0.3 is 0 Å². The number of rotatable bonds is 10. The predicted octanol–water partition coefficient (Wildman–Crippen LogP) is 3.49. The van der Waals surface area contributed by atoms with E-state index in [0.29, 0.717) is 13.0 Å². The average molecular weight is 319 g/mol. The summed E-state index contributed by atoms with van der Waals surface area (Å²) in [6.45, 7) is 8.49. The molecule has 0 fully saturated rings. The lowest BCUT2D eigenvalue weighted by molar-refractivity contribution is -0.117. The molecule has 0 aliphatic heterocycles. The molecular formula is C18H29N3O2. The van der Waals surface area contributed by atoms with Gasteiger partial charge in [0, 0.05) is 17.8 Å². The van der Waals surface area contributed by atoms with E-state index in [9.17, 15) is 9.59 Å². The van der Waals surface area contributed by atoms with Gasteiger partial charge in [0.05, 0.1) is 6.54 Å². The zero-order valence-electron chi connectivity index (χ0n) is 14.5. The quantitative estimate of drug-likeness (QED) is 0.694. The SMILES string of the molecule is CCCC(=O)Nc1ccc(NC(=O)CN(CCC)CCC)cc1. The van der Waals surface area contributed by atoms with Crippen LogP contribution in [-0.2, 0) is 9.59 Å². The van der Waals surface area contributed by atoms with Gasteiger partial charge in [-0.2, -0.15) is 0 Å². The molecule has 0 saturated heterocycles. The molecule has 0 spiro atoms. The Balaban J connectivity index is 2.50. The van der Waals surface area contributed by atoms with Crippen molar-refractivity contribution in [3.63, 3.8) is 0 Å². The van der Waals surface area contributed by atoms with Crippen LogP contribution in [0.2, 0.25) is 0 Å². The average Bonchev–Trinajstić information content (AvgIpc) is 2.50. The topological polar surface area (TPSA) is 61.4 Å². The van der Waals surface area contributed by atoms with Crippen molar-refractivity contribution in [3.8, 4) is 0 Å². The number of nitrogens with zero attached hydrogens (tertiary/aromatic N) is 1. The highest BCUT2D eigenvalue weighted by atomic mass is 16.2. The van der Waals surface area contributed by atoms with E-state index in [0.717, 1.165) is 43.7 Å². The summed E-state index contributed by atoms with van der Waals surface area (Å²) in [4.78, 5) is 25.8. The highest BCUT2D eigenvalue weighted by Crippen LogP contribution is 2.14. The van der Waals surface area contributed by atoms with Crippen LogP contribution in [0.15, 0.2) is 24.3 Å². The van der Waals surface area contributed by atoms with E-state index >= 15 is 0 Å². The zero-order valence-corrected chi connectivity index (χ0v) is 14.5. The maximum atomic E-state index is 12.1. The van der Waals surface area contributed by atoms with Gasteiger partial charge in [0.25, 0.3) is 0 Å². The summed E-state index contributed by atoms with van der Waals surface area (Å²) in [7, 11) is 0. The van der Waals surface area contributed by atoms with Crippen LogP contribution < -0.4 is 10.6 Å². The molecule has 0 bridgehead atoms. The molecule has 0 unspecified atom stereocenters. The summed E-state index contributed by atoms with van der Waals surface area (Å²) < 4.78 is 0. The molecule has 0 atom stereocenters. The van der Waals surface area contributed by atoms with Crippen molar-refractivity contribution < 1.29 is 9.59 Å². The first-order chi connectivity index (χ1) is 11.1. The van der Waals surface area contributed by atoms with E-state index in [4.69, 9.17) is 0 Å². The van der Waals surface area contributed by atoms with Crippen molar-refractivity contribution in [1.29, 1.82) is 0 Å². The van der Waals surface area contributed by atoms with E-state index < -0.39 is 0 Å². The first-order valence-corrected chi connectivity index (χ1v) is 8.51. The summed E-state index contributed by atoms with van der Waals surface area (Å²) in [6.07, 6.45) is 3.42. The third-order valence-corrected chi connectivity index (χ3v) is 3.38. The molecule has 0 saturated carbocycles. The molecule has 1 aromatic rings. The number of amides is 2. The van der Waals surface area contributed by atoms with Crippen molar-refractivity contribution in [1.82, 2.24) is 4.90 Å². The Bertz CT molecular complexity index is 480. The second-order valence-electron chi connectivity index (χ2n) is 5.70. The Hall–Kier alpha value is -1.88. The summed E-state index contributed by atoms with van der Waals surface area (Å²) in [5, 5.41) is 5.73. The first kappa shape index (κ1) is 19.2. The standard InChI is InChI=1S/C18H29N3O2/c1-4-7-17(22)19-15-8-10-16(11-9-15)20-18(23)14-21(12-5-2)13-6-3/h8-11H,4-7,12-14H2,1-3H3,(H,19,22)(H,20,23). The maximum Gasteiger partial charge on any atom is 0.238 e. The Morgan fingerprint density at radius 2 is 1.30 bits per heavy atom. The van der Waals surface area contributed by atoms with Gasteiger partial charge in [0.2, 0.25) is 11.8 Å². The summed E-state index contributed by atoms with van der Waals surface area (Å²) >= 11 is 0. The molecule has 1 rings (SSSR count). The number of benzene rings is 1. The molecule has 0 aliphatic carbocycles. The highest BCUT2D eigenvalue weighted by Gasteiger charge is 2.09. The number of hydrogen-bond donors (Lipinski definition) is 2. The van der Waals surface area contributed by atoms with Crippen molar-refractivity contribution in [2.24, 2.45) is 0 Å². The second-order valence-corrected chi connectivity index (χ2v) is 5.70. The monoisotopic (exact) mass is 319 g/mol. The number of carbonyl (C=O) groups excluding carboxylic acids is 2. The molecule has 5 nitrogen and oxygen atoms in total. The van der Waals surface area contributed by atoms with E-state index in [2.05, 4.69) is 29.4 Å². The molecule has 5 heteroatoms. The Morgan fingerprint density at radius 3 is 1.74 bits per heavy atom. The Labute approximate surface area is 139 Å². The third-order valence-electron chi connectivity index (χ3n) is 3.38. The third kappa shape index (κ3) is 7.79. The van der Waals surface area contributed by atoms with Crippen LogP contribution in [0.25, 0.3) is 0 Å². The van der Waals surface area contributed by atoms with E-state index in [1.54, 1.807) is 12.1 Å². The van der Waals surface area contributed by atoms with Gasteiger partial charge in [0.15, 0.2) is 0 Å². The minimum Gasteiger partial charge on any atom is -0.326 e. The number of anilines is 2. The summed E-state index contributed by atoms with van der Waals surface area (Å²) in [5.74, 6) is 0.00808. The minimum atomic E-state index is -0.00494. The summed E-state index contributed by atoms with van der Waals surface area (Å²) in [6, 6.07) is 7.23. The lowest BCUT2D eigenvalue weighted by Crippen LogP contribution is -2.34. The normalized spacial score (nSPS) is 10.6. The molecular weight excluding hydrogens is 290 g/mol. The number of hydrogen-bond acceptors (Lipinski definition) is 3. The van der Waals surface area contributed by atoms with Crippen LogP contribution in [0.4, 0.5) is 11.4 Å². The lowest BCUT2D eigenvalue weighted by atomic mass is 10.2. The lowest BCUT2D eigenvalue weighted by Gasteiger charge is -2.20. The minimum absolute atomic E-state index is 0.00494. The molecule has 1 aromatic carbocycles. The van der Waals surface area contributed by atoms with Crippen molar-refractivity contribution in [2.75, 3.05) is 30.3 Å². The van der Waals surface area contributed by atoms with Gasteiger partial charge in [-0.25, -0.2) is 0 Å². The molecule has 2 amide bonds. The molecule has 23 heavy (non-hydrogen) atoms. The van der Waals surface area contributed by atoms with Crippen molar-refractivity contribution >= 4 is 23.2 Å². The van der Waals surface area contributed by atoms with Crippen LogP contribution in [0, 0.1) is 0 Å². The molecule has 0 radical (unpaired) electrons. The molecule has 2 N–H and O–H groups in total. The summed E-state index contributed by atoms with van der Waals surface area (Å²) in [5.41, 5.74) is 1.50. The van der Waals surface area contributed by atoms with Crippen molar-refractivity contribution in [2.45, 2.75) is 46.5 Å². The fourth-order valence-corrected chi connectivity index (χ4v) is 2.39. The van der Waals surface area contributed by atoms with Crippen LogP contribution in [0.1, 0.15) is 46.5 Å². The molecule has 0 aromatic heterocycles. The van der Waals surface area contributed by atoms with Gasteiger partial charge in [0.1, 0.15) is 0 Å². The van der Waals surface area contributed by atoms with E-state index in [1.165, 1.54) is 0 Å². The number of carbonyl (C=O) groups is 2. The van der Waals surface area contributed by atoms with Crippen LogP contribution in [-0.4, -0.2) is 36.3 Å². The fourth-order valence-electron chi connectivity index (χ4n) is 2.39. The largest absolute Gasteiger partial charge is 0.326 e. The fraction of sp³-hybridized carbons (Fsp3) is 0.556. The molecule has 0 aliphatic rings.